The van der Waals surface area contributed by atoms with Gasteiger partial charge in [0.05, 0.1) is 0 Å². The van der Waals surface area contributed by atoms with E-state index in [2.05, 4.69) is 4.74 Å². The zero-order valence-electron chi connectivity index (χ0n) is 10.5. The Hall–Kier alpha value is -1.34. The molecule has 19 heavy (non-hydrogen) atoms. The number of benzene rings is 1. The van der Waals surface area contributed by atoms with Crippen LogP contribution in [0.2, 0.25) is 0 Å². The average Bonchev–Trinajstić information content (AvgIpc) is 2.29. The SMILES string of the molecule is CC(C)(CO)[C@H](N)c1cc(OC(F)(F)F)ccc1F. The van der Waals surface area contributed by atoms with Crippen LogP contribution in [0.25, 0.3) is 0 Å². The fourth-order valence-corrected chi connectivity index (χ4v) is 1.48. The number of alkyl halides is 3. The first-order chi connectivity index (χ1) is 8.57. The molecule has 1 rings (SSSR count). The molecule has 0 aromatic heterocycles. The predicted octanol–water partition coefficient (Wildman–Crippen LogP) is 2.74. The van der Waals surface area contributed by atoms with Crippen LogP contribution in [0.15, 0.2) is 18.2 Å². The normalized spacial score (nSPS) is 14.3. The lowest BCUT2D eigenvalue weighted by Crippen LogP contribution is -2.33. The first-order valence-electron chi connectivity index (χ1n) is 5.48. The van der Waals surface area contributed by atoms with E-state index in [0.717, 1.165) is 18.2 Å². The van der Waals surface area contributed by atoms with Gasteiger partial charge in [-0.25, -0.2) is 4.39 Å². The van der Waals surface area contributed by atoms with Gasteiger partial charge in [0.15, 0.2) is 0 Å². The van der Waals surface area contributed by atoms with Gasteiger partial charge >= 0.3 is 6.36 Å². The smallest absolute Gasteiger partial charge is 0.406 e. The minimum Gasteiger partial charge on any atom is -0.406 e. The number of halogens is 4. The van der Waals surface area contributed by atoms with E-state index in [0.29, 0.717) is 0 Å². The maximum atomic E-state index is 13.6. The Kier molecular flexibility index (Phi) is 4.42. The van der Waals surface area contributed by atoms with Crippen molar-refractivity contribution in [2.75, 3.05) is 6.61 Å². The molecule has 0 bridgehead atoms. The third-order valence-electron chi connectivity index (χ3n) is 2.79. The molecule has 0 spiro atoms. The third-order valence-corrected chi connectivity index (χ3v) is 2.79. The molecule has 3 nitrogen and oxygen atoms in total. The topological polar surface area (TPSA) is 55.5 Å². The molecule has 7 heteroatoms. The standard InChI is InChI=1S/C12H15F4NO2/c1-11(2,6-18)10(17)8-5-7(3-4-9(8)13)19-12(14,15)16/h3-5,10,18H,6,17H2,1-2H3/t10-/m1/s1. The van der Waals surface area contributed by atoms with Gasteiger partial charge in [0, 0.05) is 23.6 Å². The summed E-state index contributed by atoms with van der Waals surface area (Å²) in [6, 6.07) is 1.65. The van der Waals surface area contributed by atoms with Gasteiger partial charge in [0.2, 0.25) is 0 Å². The maximum Gasteiger partial charge on any atom is 0.573 e. The summed E-state index contributed by atoms with van der Waals surface area (Å²) >= 11 is 0. The molecule has 0 amide bonds. The first-order valence-corrected chi connectivity index (χ1v) is 5.48. The number of nitrogens with two attached hydrogens (primary N) is 1. The molecule has 0 saturated carbocycles. The van der Waals surface area contributed by atoms with Gasteiger partial charge in [-0.2, -0.15) is 0 Å². The molecule has 0 aliphatic heterocycles. The van der Waals surface area contributed by atoms with Crippen molar-refractivity contribution in [2.45, 2.75) is 26.3 Å². The lowest BCUT2D eigenvalue weighted by molar-refractivity contribution is -0.274. The number of ether oxygens (including phenoxy) is 1. The Labute approximate surface area is 108 Å². The van der Waals surface area contributed by atoms with Crippen molar-refractivity contribution in [2.24, 2.45) is 11.1 Å². The summed E-state index contributed by atoms with van der Waals surface area (Å²) in [4.78, 5) is 0. The van der Waals surface area contributed by atoms with Crippen LogP contribution in [-0.2, 0) is 0 Å². The molecule has 0 radical (unpaired) electrons. The maximum absolute atomic E-state index is 13.6. The zero-order chi connectivity index (χ0) is 14.8. The molecular formula is C12H15F4NO2. The number of hydrogen-bond acceptors (Lipinski definition) is 3. The van der Waals surface area contributed by atoms with E-state index in [1.807, 2.05) is 0 Å². The molecule has 0 fully saturated rings. The van der Waals surface area contributed by atoms with E-state index in [9.17, 15) is 17.6 Å². The van der Waals surface area contributed by atoms with Crippen molar-refractivity contribution in [1.29, 1.82) is 0 Å². The van der Waals surface area contributed by atoms with E-state index in [4.69, 9.17) is 10.8 Å². The van der Waals surface area contributed by atoms with Crippen molar-refractivity contribution in [3.63, 3.8) is 0 Å². The van der Waals surface area contributed by atoms with Gasteiger partial charge in [-0.1, -0.05) is 13.8 Å². The van der Waals surface area contributed by atoms with Crippen molar-refractivity contribution >= 4 is 0 Å². The first kappa shape index (κ1) is 15.7. The highest BCUT2D eigenvalue weighted by molar-refractivity contribution is 5.33. The van der Waals surface area contributed by atoms with Gasteiger partial charge in [-0.3, -0.25) is 0 Å². The van der Waals surface area contributed by atoms with Crippen molar-refractivity contribution < 1.29 is 27.4 Å². The van der Waals surface area contributed by atoms with Crippen LogP contribution in [0.4, 0.5) is 17.6 Å². The van der Waals surface area contributed by atoms with E-state index >= 15 is 0 Å². The van der Waals surface area contributed by atoms with Crippen LogP contribution in [0, 0.1) is 11.2 Å². The molecule has 0 saturated heterocycles. The average molecular weight is 281 g/mol. The summed E-state index contributed by atoms with van der Waals surface area (Å²) < 4.78 is 53.6. The fraction of sp³-hybridized carbons (Fsp3) is 0.500. The quantitative estimate of drug-likeness (QED) is 0.834. The minimum atomic E-state index is -4.86. The molecule has 1 aromatic carbocycles. The van der Waals surface area contributed by atoms with Crippen LogP contribution in [-0.4, -0.2) is 18.1 Å². The Morgan fingerprint density at radius 1 is 1.32 bits per heavy atom. The lowest BCUT2D eigenvalue weighted by atomic mass is 9.81. The molecule has 0 aliphatic carbocycles. The van der Waals surface area contributed by atoms with Crippen molar-refractivity contribution in [3.8, 4) is 5.75 Å². The fourth-order valence-electron chi connectivity index (χ4n) is 1.48. The highest BCUT2D eigenvalue weighted by Gasteiger charge is 2.33. The number of rotatable bonds is 4. The van der Waals surface area contributed by atoms with E-state index in [-0.39, 0.29) is 12.2 Å². The van der Waals surface area contributed by atoms with Crippen LogP contribution < -0.4 is 10.5 Å². The lowest BCUT2D eigenvalue weighted by Gasteiger charge is -2.30. The Balaban J connectivity index is 3.11. The molecule has 108 valence electrons. The van der Waals surface area contributed by atoms with Gasteiger partial charge in [0.1, 0.15) is 11.6 Å². The summed E-state index contributed by atoms with van der Waals surface area (Å²) in [5, 5.41) is 9.16. The molecule has 1 atom stereocenters. The van der Waals surface area contributed by atoms with Gasteiger partial charge in [-0.15, -0.1) is 13.2 Å². The summed E-state index contributed by atoms with van der Waals surface area (Å²) in [6.45, 7) is 2.82. The second kappa shape index (κ2) is 5.34. The highest BCUT2D eigenvalue weighted by atomic mass is 19.4. The van der Waals surface area contributed by atoms with Gasteiger partial charge in [0.25, 0.3) is 0 Å². The number of hydrogen-bond donors (Lipinski definition) is 2. The van der Waals surface area contributed by atoms with Crippen LogP contribution in [0.3, 0.4) is 0 Å². The van der Waals surface area contributed by atoms with E-state index < -0.39 is 29.4 Å². The molecule has 3 N–H and O–H groups in total. The Morgan fingerprint density at radius 2 is 1.89 bits per heavy atom. The van der Waals surface area contributed by atoms with Crippen LogP contribution >= 0.6 is 0 Å². The second-order valence-electron chi connectivity index (χ2n) is 4.86. The summed E-state index contributed by atoms with van der Waals surface area (Å²) in [6.07, 6.45) is -4.86. The molecule has 0 heterocycles. The summed E-state index contributed by atoms with van der Waals surface area (Å²) in [5.74, 6) is -1.29. The summed E-state index contributed by atoms with van der Waals surface area (Å²) in [5.41, 5.74) is 4.76. The number of aliphatic hydroxyl groups excluding tert-OH is 1. The molecule has 1 aromatic rings. The Bertz CT molecular complexity index is 446. The Morgan fingerprint density at radius 3 is 2.37 bits per heavy atom. The van der Waals surface area contributed by atoms with Crippen molar-refractivity contribution in [1.82, 2.24) is 0 Å². The predicted molar refractivity (Wildman–Crippen MR) is 60.9 cm³/mol. The van der Waals surface area contributed by atoms with Crippen LogP contribution in [0.5, 0.6) is 5.75 Å². The van der Waals surface area contributed by atoms with E-state index in [1.54, 1.807) is 13.8 Å². The van der Waals surface area contributed by atoms with Crippen LogP contribution in [0.1, 0.15) is 25.5 Å². The molecular weight excluding hydrogens is 266 g/mol. The highest BCUT2D eigenvalue weighted by Crippen LogP contribution is 2.34. The number of aliphatic hydroxyl groups is 1. The van der Waals surface area contributed by atoms with Crippen molar-refractivity contribution in [3.05, 3.63) is 29.6 Å². The minimum absolute atomic E-state index is 0.138. The third kappa shape index (κ3) is 4.07. The monoisotopic (exact) mass is 281 g/mol. The largest absolute Gasteiger partial charge is 0.573 e. The van der Waals surface area contributed by atoms with Gasteiger partial charge < -0.3 is 15.6 Å². The zero-order valence-corrected chi connectivity index (χ0v) is 10.5. The molecule has 0 aliphatic rings. The molecule has 0 unspecified atom stereocenters. The van der Waals surface area contributed by atoms with Gasteiger partial charge in [-0.05, 0) is 18.2 Å². The second-order valence-corrected chi connectivity index (χ2v) is 4.86. The van der Waals surface area contributed by atoms with E-state index in [1.165, 1.54) is 0 Å². The summed E-state index contributed by atoms with van der Waals surface area (Å²) in [7, 11) is 0.